The molecule has 0 aliphatic heterocycles. The van der Waals surface area contributed by atoms with Crippen molar-refractivity contribution in [3.63, 3.8) is 0 Å². The normalized spacial score (nSPS) is 16.0. The predicted octanol–water partition coefficient (Wildman–Crippen LogP) is 7.38. The van der Waals surface area contributed by atoms with Gasteiger partial charge in [0.15, 0.2) is 0 Å². The summed E-state index contributed by atoms with van der Waals surface area (Å²) in [5, 5.41) is 3.28. The maximum atomic E-state index is 4.90. The molecule has 0 amide bonds. The minimum atomic E-state index is 0.758. The highest BCUT2D eigenvalue weighted by Gasteiger charge is 2.11. The smallest absolute Gasteiger partial charge is 0.0706 e. The Balaban J connectivity index is 2.18. The molecule has 2 heteroatoms. The second-order valence-electron chi connectivity index (χ2n) is 7.73. The molecule has 0 fully saturated rings. The van der Waals surface area contributed by atoms with Gasteiger partial charge in [-0.1, -0.05) is 57.0 Å². The topological polar surface area (TPSA) is 24.4 Å². The van der Waals surface area contributed by atoms with E-state index in [0.29, 0.717) is 0 Å². The Morgan fingerprint density at radius 2 is 1.80 bits per heavy atom. The van der Waals surface area contributed by atoms with E-state index in [1.165, 1.54) is 22.3 Å². The molecular weight excluding hydrogens is 364 g/mol. The van der Waals surface area contributed by atoms with Gasteiger partial charge in [-0.3, -0.25) is 0 Å². The lowest BCUT2D eigenvalue weighted by molar-refractivity contribution is 0.937. The minimum Gasteiger partial charge on any atom is -0.360 e. The number of hydrogen-bond acceptors (Lipinski definition) is 2. The van der Waals surface area contributed by atoms with Crippen molar-refractivity contribution >= 4 is 11.4 Å². The molecule has 30 heavy (non-hydrogen) atoms. The molecule has 0 radical (unpaired) electrons. The third-order valence-corrected chi connectivity index (χ3v) is 5.14. The van der Waals surface area contributed by atoms with E-state index < -0.39 is 0 Å². The second-order valence-corrected chi connectivity index (χ2v) is 7.73. The van der Waals surface area contributed by atoms with Crippen molar-refractivity contribution in [2.75, 3.05) is 0 Å². The summed E-state index contributed by atoms with van der Waals surface area (Å²) in [7, 11) is 0. The van der Waals surface area contributed by atoms with Crippen LogP contribution in [0, 0.1) is 6.92 Å². The molecule has 0 saturated heterocycles. The first-order valence-corrected chi connectivity index (χ1v) is 10.5. The molecule has 1 aliphatic carbocycles. The van der Waals surface area contributed by atoms with Crippen molar-refractivity contribution in [3.8, 4) is 0 Å². The van der Waals surface area contributed by atoms with E-state index in [-0.39, 0.29) is 0 Å². The molecule has 1 aromatic carbocycles. The number of nitrogens with one attached hydrogen (secondary N) is 1. The van der Waals surface area contributed by atoms with Crippen LogP contribution in [0.5, 0.6) is 0 Å². The van der Waals surface area contributed by atoms with Gasteiger partial charge in [0.2, 0.25) is 0 Å². The van der Waals surface area contributed by atoms with Crippen LogP contribution in [0.3, 0.4) is 0 Å². The van der Waals surface area contributed by atoms with Crippen LogP contribution < -0.4 is 5.32 Å². The Morgan fingerprint density at radius 1 is 1.10 bits per heavy atom. The fraction of sp³-hybridized carbons (Fsp3) is 0.250. The molecule has 0 atom stereocenters. The van der Waals surface area contributed by atoms with Crippen LogP contribution in [0.2, 0.25) is 0 Å². The van der Waals surface area contributed by atoms with Gasteiger partial charge in [0.1, 0.15) is 0 Å². The number of aryl methyl sites for hydroxylation is 1. The molecule has 1 N–H and O–H groups in total. The summed E-state index contributed by atoms with van der Waals surface area (Å²) in [6, 6.07) is 6.48. The van der Waals surface area contributed by atoms with Gasteiger partial charge in [-0.25, -0.2) is 4.99 Å². The average molecular weight is 399 g/mol. The molecule has 156 valence electrons. The molecule has 0 bridgehead atoms. The van der Waals surface area contributed by atoms with Crippen molar-refractivity contribution in [2.24, 2.45) is 4.99 Å². The molecule has 1 aromatic rings. The zero-order valence-electron chi connectivity index (χ0n) is 19.1. The summed E-state index contributed by atoms with van der Waals surface area (Å²) >= 11 is 0. The second kappa shape index (κ2) is 10.6. The number of nitrogens with zero attached hydrogens (tertiary/aromatic N) is 1. The van der Waals surface area contributed by atoms with Gasteiger partial charge in [-0.2, -0.15) is 0 Å². The highest BCUT2D eigenvalue weighted by molar-refractivity contribution is 6.13. The molecule has 0 aromatic heterocycles. The maximum absolute atomic E-state index is 4.90. The third-order valence-electron chi connectivity index (χ3n) is 5.14. The fourth-order valence-corrected chi connectivity index (χ4v) is 3.25. The third kappa shape index (κ3) is 6.18. The van der Waals surface area contributed by atoms with Crippen LogP contribution in [-0.2, 0) is 6.42 Å². The van der Waals surface area contributed by atoms with Crippen molar-refractivity contribution in [3.05, 3.63) is 113 Å². The van der Waals surface area contributed by atoms with E-state index >= 15 is 0 Å². The molecule has 0 spiro atoms. The van der Waals surface area contributed by atoms with Gasteiger partial charge < -0.3 is 5.32 Å². The zero-order chi connectivity index (χ0) is 22.3. The predicted molar refractivity (Wildman–Crippen MR) is 133 cm³/mol. The van der Waals surface area contributed by atoms with Crippen LogP contribution in [0.15, 0.2) is 101 Å². The Hall–Kier alpha value is -3.13. The highest BCUT2D eigenvalue weighted by atomic mass is 14.9. The van der Waals surface area contributed by atoms with Crippen molar-refractivity contribution in [2.45, 2.75) is 47.5 Å². The molecule has 1 aliphatic rings. The highest BCUT2D eigenvalue weighted by Crippen LogP contribution is 2.25. The Kier molecular flexibility index (Phi) is 8.17. The summed E-state index contributed by atoms with van der Waals surface area (Å²) in [5.74, 6) is 0. The van der Waals surface area contributed by atoms with E-state index in [1.807, 2.05) is 19.1 Å². The molecule has 2 nitrogen and oxygen atoms in total. The summed E-state index contributed by atoms with van der Waals surface area (Å²) in [5.41, 5.74) is 10.6. The first-order chi connectivity index (χ1) is 14.2. The van der Waals surface area contributed by atoms with Gasteiger partial charge in [-0.15, -0.1) is 0 Å². The Labute approximate surface area is 182 Å². The van der Waals surface area contributed by atoms with Crippen LogP contribution in [0.1, 0.15) is 50.8 Å². The summed E-state index contributed by atoms with van der Waals surface area (Å²) in [6.45, 7) is 22.8. The monoisotopic (exact) mass is 398 g/mol. The Bertz CT molecular complexity index is 1010. The minimum absolute atomic E-state index is 0.758. The van der Waals surface area contributed by atoms with Gasteiger partial charge in [0, 0.05) is 23.4 Å². The quantitative estimate of drug-likeness (QED) is 0.454. The lowest BCUT2D eigenvalue weighted by Crippen LogP contribution is -2.12. The fourth-order valence-electron chi connectivity index (χ4n) is 3.25. The summed E-state index contributed by atoms with van der Waals surface area (Å²) in [6.07, 6.45) is 12.1. The van der Waals surface area contributed by atoms with Gasteiger partial charge >= 0.3 is 0 Å². The average Bonchev–Trinajstić information content (AvgIpc) is 2.69. The van der Waals surface area contributed by atoms with Crippen molar-refractivity contribution in [1.82, 2.24) is 5.32 Å². The zero-order valence-corrected chi connectivity index (χ0v) is 19.1. The van der Waals surface area contributed by atoms with Gasteiger partial charge in [0.25, 0.3) is 0 Å². The standard InChI is InChI=1S/C28H34N2/c1-9-11-12-23(7)29-24(8)18-25-13-14-26(16-21(25)5)27(10-2)30-28-17-20(4)19(3)15-22(28)6/h10-17,29H,6-9,18H2,1-5H3/b12-11-,27-10-,30-28-. The van der Waals surface area contributed by atoms with Crippen LogP contribution in [-0.4, -0.2) is 5.71 Å². The molecule has 0 heterocycles. The van der Waals surface area contributed by atoms with E-state index in [2.05, 4.69) is 89.2 Å². The van der Waals surface area contributed by atoms with Gasteiger partial charge in [-0.05, 0) is 80.2 Å². The van der Waals surface area contributed by atoms with Crippen molar-refractivity contribution < 1.29 is 0 Å². The first kappa shape index (κ1) is 23.2. The lowest BCUT2D eigenvalue weighted by Gasteiger charge is -2.15. The van der Waals surface area contributed by atoms with E-state index in [1.54, 1.807) is 0 Å². The maximum Gasteiger partial charge on any atom is 0.0706 e. The Morgan fingerprint density at radius 3 is 2.43 bits per heavy atom. The lowest BCUT2D eigenvalue weighted by atomic mass is 9.95. The van der Waals surface area contributed by atoms with E-state index in [4.69, 9.17) is 4.99 Å². The molecule has 0 unspecified atom stereocenters. The number of allylic oxidation sites excluding steroid dienone is 9. The molecular formula is C28H34N2. The van der Waals surface area contributed by atoms with Crippen LogP contribution >= 0.6 is 0 Å². The summed E-state index contributed by atoms with van der Waals surface area (Å²) in [4.78, 5) is 4.90. The largest absolute Gasteiger partial charge is 0.360 e. The van der Waals surface area contributed by atoms with E-state index in [9.17, 15) is 0 Å². The SMILES string of the molecule is C=C(/C=C\CC)NC(=C)Cc1ccc(C(=C/C)/N=C2/C=C(C)C(C)=CC2=C)cc1C. The summed E-state index contributed by atoms with van der Waals surface area (Å²) < 4.78 is 0. The van der Waals surface area contributed by atoms with Crippen LogP contribution in [0.25, 0.3) is 5.70 Å². The van der Waals surface area contributed by atoms with Crippen molar-refractivity contribution in [1.29, 1.82) is 0 Å². The number of rotatable bonds is 8. The molecule has 0 saturated carbocycles. The molecule has 2 rings (SSSR count). The number of hydrogen-bond donors (Lipinski definition) is 1. The van der Waals surface area contributed by atoms with Crippen LogP contribution in [0.4, 0.5) is 0 Å². The number of benzene rings is 1. The van der Waals surface area contributed by atoms with Gasteiger partial charge in [0.05, 0.1) is 11.4 Å². The number of aliphatic imine (C=N–C) groups is 1. The first-order valence-electron chi connectivity index (χ1n) is 10.5. The van der Waals surface area contributed by atoms with E-state index in [0.717, 1.165) is 46.8 Å².